The molecule has 0 fully saturated rings. The zero-order valence-electron chi connectivity index (χ0n) is 26.8. The normalized spacial score (nSPS) is 12.8. The molecule has 0 spiro atoms. The molecule has 0 radical (unpaired) electrons. The van der Waals surface area contributed by atoms with Gasteiger partial charge in [0.2, 0.25) is 11.0 Å². The van der Waals surface area contributed by atoms with Gasteiger partial charge >= 0.3 is 0 Å². The Morgan fingerprint density at radius 3 is 2.43 bits per heavy atom. The molecule has 1 heterocycles. The predicted octanol–water partition coefficient (Wildman–Crippen LogP) is 9.18. The van der Waals surface area contributed by atoms with Gasteiger partial charge in [0.25, 0.3) is 0 Å². The van der Waals surface area contributed by atoms with Crippen molar-refractivity contribution in [1.29, 1.82) is 0 Å². The van der Waals surface area contributed by atoms with Gasteiger partial charge in [-0.2, -0.15) is 4.58 Å². The number of Topliss-reactive ketones (excluding diaryl/α,β-unsaturated/α-hetero) is 1. The molecule has 3 aromatic rings. The van der Waals surface area contributed by atoms with Crippen LogP contribution in [0, 0.1) is 12.8 Å². The number of rotatable bonds is 13. The molecule has 44 heavy (non-hydrogen) atoms. The molecule has 0 aromatic heterocycles. The van der Waals surface area contributed by atoms with E-state index in [1.807, 2.05) is 24.2 Å². The van der Waals surface area contributed by atoms with Crippen molar-refractivity contribution in [3.05, 3.63) is 102 Å². The number of fused-ring (bicyclic) bond motifs is 2. The first-order valence-electron chi connectivity index (χ1n) is 16.0. The molecule has 5 nitrogen and oxygen atoms in total. The predicted molar refractivity (Wildman–Crippen MR) is 182 cm³/mol. The van der Waals surface area contributed by atoms with Crippen molar-refractivity contribution in [3.63, 3.8) is 0 Å². The molecule has 0 saturated carbocycles. The third-order valence-electron chi connectivity index (χ3n) is 8.48. The van der Waals surface area contributed by atoms with E-state index in [2.05, 4.69) is 111 Å². The fourth-order valence-corrected chi connectivity index (χ4v) is 6.11. The van der Waals surface area contributed by atoms with Gasteiger partial charge in [-0.1, -0.05) is 68.8 Å². The summed E-state index contributed by atoms with van der Waals surface area (Å²) < 4.78 is 8.75. The number of hydrogen-bond acceptors (Lipinski definition) is 4. The summed E-state index contributed by atoms with van der Waals surface area (Å²) in [6, 6.07) is 31.6. The van der Waals surface area contributed by atoms with Crippen LogP contribution in [0.4, 0.5) is 11.4 Å². The number of anilines is 1. The molecular formula is C39H45N2O3+. The number of benzene rings is 4. The van der Waals surface area contributed by atoms with Gasteiger partial charge in [0.15, 0.2) is 0 Å². The summed E-state index contributed by atoms with van der Waals surface area (Å²) in [6.45, 7) is 6.88. The molecule has 5 heteroatoms. The van der Waals surface area contributed by atoms with Gasteiger partial charge in [0.1, 0.15) is 24.2 Å². The van der Waals surface area contributed by atoms with Crippen LogP contribution in [0.5, 0.6) is 0 Å². The molecule has 1 aliphatic carbocycles. The van der Waals surface area contributed by atoms with Crippen molar-refractivity contribution >= 4 is 28.1 Å². The zero-order chi connectivity index (χ0) is 31.1. The maximum Gasteiger partial charge on any atom is 0.209 e. The van der Waals surface area contributed by atoms with Crippen LogP contribution in [0.15, 0.2) is 95.4 Å². The third kappa shape index (κ3) is 6.95. The van der Waals surface area contributed by atoms with Gasteiger partial charge in [0, 0.05) is 59.7 Å². The van der Waals surface area contributed by atoms with E-state index in [0.717, 1.165) is 87.8 Å². The molecule has 1 unspecified atom stereocenters. The molecule has 2 aliphatic rings. The van der Waals surface area contributed by atoms with Crippen LogP contribution >= 0.6 is 0 Å². The third-order valence-corrected chi connectivity index (χ3v) is 8.48. The lowest BCUT2D eigenvalue weighted by atomic mass is 9.91. The molecular weight excluding hydrogens is 544 g/mol. The SMILES string of the molecule is CCCC(=O)C(CCC)CCCON(C)c1ccccc1-c1c2ccc(=[N+](C)c3ccccc3)cc-2oc2cc(C)ccc12. The lowest BCUT2D eigenvalue weighted by Gasteiger charge is -2.24. The summed E-state index contributed by atoms with van der Waals surface area (Å²) in [6.07, 6.45) is 5.29. The van der Waals surface area contributed by atoms with Gasteiger partial charge in [-0.05, 0) is 56.4 Å². The van der Waals surface area contributed by atoms with Crippen LogP contribution in [0.3, 0.4) is 0 Å². The molecule has 0 N–H and O–H groups in total. The second-order valence-corrected chi connectivity index (χ2v) is 11.7. The van der Waals surface area contributed by atoms with E-state index in [0.29, 0.717) is 18.8 Å². The van der Waals surface area contributed by atoms with Crippen molar-refractivity contribution in [2.75, 3.05) is 25.8 Å². The lowest BCUT2D eigenvalue weighted by Crippen LogP contribution is -2.21. The Hall–Kier alpha value is -4.22. The highest BCUT2D eigenvalue weighted by molar-refractivity contribution is 6.04. The molecule has 5 rings (SSSR count). The standard InChI is InChI=1S/C39H45N2O3/c1-6-14-29(36(42)15-7-2)16-13-25-43-41(5)35-20-12-11-19-32(35)39-33-23-21-28(3)26-37(33)44-38-27-31(22-24-34(38)39)40(4)30-17-9-8-10-18-30/h8-12,17-24,26-27,29H,6-7,13-16,25H2,1-5H3/q+1. The quantitative estimate of drug-likeness (QED) is 0.0594. The average molecular weight is 590 g/mol. The molecule has 1 atom stereocenters. The minimum Gasteiger partial charge on any atom is -0.456 e. The Kier molecular flexibility index (Phi) is 10.3. The van der Waals surface area contributed by atoms with Crippen LogP contribution in [0.2, 0.25) is 0 Å². The van der Waals surface area contributed by atoms with Crippen LogP contribution in [0.25, 0.3) is 33.4 Å². The molecule has 3 aromatic carbocycles. The van der Waals surface area contributed by atoms with Gasteiger partial charge in [-0.25, -0.2) is 0 Å². The van der Waals surface area contributed by atoms with Crippen LogP contribution in [-0.4, -0.2) is 26.5 Å². The van der Waals surface area contributed by atoms with E-state index >= 15 is 0 Å². The summed E-state index contributed by atoms with van der Waals surface area (Å²) in [4.78, 5) is 18.9. The highest BCUT2D eigenvalue weighted by Gasteiger charge is 2.22. The first-order valence-corrected chi connectivity index (χ1v) is 16.0. The Labute approximate surface area is 261 Å². The Morgan fingerprint density at radius 2 is 1.66 bits per heavy atom. The second kappa shape index (κ2) is 14.5. The molecule has 1 aliphatic heterocycles. The highest BCUT2D eigenvalue weighted by Crippen LogP contribution is 2.43. The van der Waals surface area contributed by atoms with Crippen molar-refractivity contribution in [1.82, 2.24) is 4.58 Å². The first kappa shape index (κ1) is 31.2. The monoisotopic (exact) mass is 589 g/mol. The number of ketones is 1. The van der Waals surface area contributed by atoms with E-state index in [-0.39, 0.29) is 5.92 Å². The number of para-hydroxylation sites is 2. The van der Waals surface area contributed by atoms with Crippen LogP contribution < -0.4 is 15.0 Å². The average Bonchev–Trinajstić information content (AvgIpc) is 3.04. The summed E-state index contributed by atoms with van der Waals surface area (Å²) in [7, 11) is 4.05. The van der Waals surface area contributed by atoms with E-state index in [4.69, 9.17) is 9.25 Å². The number of aryl methyl sites for hydroxylation is 1. The molecule has 0 amide bonds. The molecule has 228 valence electrons. The van der Waals surface area contributed by atoms with Gasteiger partial charge < -0.3 is 4.42 Å². The maximum atomic E-state index is 12.6. The molecule has 0 bridgehead atoms. The first-order chi connectivity index (χ1) is 21.4. The van der Waals surface area contributed by atoms with E-state index in [9.17, 15) is 4.79 Å². The summed E-state index contributed by atoms with van der Waals surface area (Å²) in [5.41, 5.74) is 7.35. The largest absolute Gasteiger partial charge is 0.456 e. The second-order valence-electron chi connectivity index (χ2n) is 11.7. The fourth-order valence-electron chi connectivity index (χ4n) is 6.11. The fraction of sp³-hybridized carbons (Fsp3) is 0.333. The zero-order valence-corrected chi connectivity index (χ0v) is 26.8. The Bertz CT molecular complexity index is 1760. The Balaban J connectivity index is 1.51. The van der Waals surface area contributed by atoms with E-state index < -0.39 is 0 Å². The lowest BCUT2D eigenvalue weighted by molar-refractivity contribution is -0.123. The van der Waals surface area contributed by atoms with E-state index in [1.54, 1.807) is 0 Å². The number of hydroxylamine groups is 1. The number of carbonyl (C=O) groups excluding carboxylic acids is 1. The van der Waals surface area contributed by atoms with E-state index in [1.165, 1.54) is 0 Å². The Morgan fingerprint density at radius 1 is 0.886 bits per heavy atom. The van der Waals surface area contributed by atoms with Crippen molar-refractivity contribution in [3.8, 4) is 22.5 Å². The van der Waals surface area contributed by atoms with Crippen LogP contribution in [-0.2, 0) is 9.63 Å². The minimum atomic E-state index is 0.140. The van der Waals surface area contributed by atoms with Gasteiger partial charge in [0.05, 0.1) is 18.4 Å². The summed E-state index contributed by atoms with van der Waals surface area (Å²) in [5, 5.41) is 3.99. The summed E-state index contributed by atoms with van der Waals surface area (Å²) in [5.74, 6) is 1.37. The smallest absolute Gasteiger partial charge is 0.209 e. The maximum absolute atomic E-state index is 12.6. The molecule has 0 saturated heterocycles. The van der Waals surface area contributed by atoms with Gasteiger partial charge in [-0.3, -0.25) is 14.7 Å². The van der Waals surface area contributed by atoms with Gasteiger partial charge in [-0.15, -0.1) is 0 Å². The summed E-state index contributed by atoms with van der Waals surface area (Å²) >= 11 is 0. The highest BCUT2D eigenvalue weighted by atomic mass is 16.7. The number of carbonyl (C=O) groups is 1. The minimum absolute atomic E-state index is 0.140. The van der Waals surface area contributed by atoms with Crippen molar-refractivity contribution in [2.45, 2.75) is 59.3 Å². The topological polar surface area (TPSA) is 45.7 Å². The van der Waals surface area contributed by atoms with Crippen molar-refractivity contribution < 1.29 is 14.0 Å². The van der Waals surface area contributed by atoms with Crippen LogP contribution in [0.1, 0.15) is 57.9 Å². The number of hydrogen-bond donors (Lipinski definition) is 0. The number of nitrogens with zero attached hydrogens (tertiary/aromatic N) is 2. The van der Waals surface area contributed by atoms with Crippen molar-refractivity contribution in [2.24, 2.45) is 5.92 Å².